The Morgan fingerprint density at radius 2 is 1.95 bits per heavy atom. The highest BCUT2D eigenvalue weighted by atomic mass is 32.2. The summed E-state index contributed by atoms with van der Waals surface area (Å²) in [6, 6.07) is -0.401. The predicted octanol–water partition coefficient (Wildman–Crippen LogP) is -0.574. The van der Waals surface area contributed by atoms with Gasteiger partial charge in [-0.15, -0.1) is 0 Å². The first-order chi connectivity index (χ1) is 9.87. The van der Waals surface area contributed by atoms with Gasteiger partial charge in [0.2, 0.25) is 0 Å². The number of nitrogens with one attached hydrogen (secondary N) is 1. The molecule has 2 fully saturated rings. The standard InChI is InChI=1S/C12H25N3O4S2/c1-2-3-7-15(12-4-10-20(16,17)11-12)21(18,19)14-8-5-13-6-9-14/h12-13H,2-11H2,1H3. The van der Waals surface area contributed by atoms with E-state index < -0.39 is 26.1 Å². The molecule has 21 heavy (non-hydrogen) atoms. The van der Waals surface area contributed by atoms with Gasteiger partial charge in [0.25, 0.3) is 10.2 Å². The predicted molar refractivity (Wildman–Crippen MR) is 82.0 cm³/mol. The lowest BCUT2D eigenvalue weighted by Crippen LogP contribution is -2.54. The van der Waals surface area contributed by atoms with Gasteiger partial charge < -0.3 is 5.32 Å². The van der Waals surface area contributed by atoms with Gasteiger partial charge in [-0.05, 0) is 12.8 Å². The number of piperazine rings is 1. The van der Waals surface area contributed by atoms with Gasteiger partial charge in [0.05, 0.1) is 11.5 Å². The fourth-order valence-corrected chi connectivity index (χ4v) is 6.51. The molecule has 7 nitrogen and oxygen atoms in total. The van der Waals surface area contributed by atoms with Crippen LogP contribution in [0.15, 0.2) is 0 Å². The molecule has 0 bridgehead atoms. The zero-order chi connectivity index (χ0) is 15.5. The quantitative estimate of drug-likeness (QED) is 0.700. The van der Waals surface area contributed by atoms with Gasteiger partial charge in [-0.25, -0.2) is 8.42 Å². The van der Waals surface area contributed by atoms with Crippen LogP contribution in [0.1, 0.15) is 26.2 Å². The Hall–Kier alpha value is -0.220. The average Bonchev–Trinajstić information content (AvgIpc) is 2.80. The molecule has 0 aromatic rings. The molecule has 124 valence electrons. The zero-order valence-corrected chi connectivity index (χ0v) is 14.1. The molecule has 2 heterocycles. The minimum Gasteiger partial charge on any atom is -0.314 e. The molecular formula is C12H25N3O4S2. The molecule has 0 saturated carbocycles. The van der Waals surface area contributed by atoms with Crippen molar-refractivity contribution in [3.05, 3.63) is 0 Å². The van der Waals surface area contributed by atoms with Crippen LogP contribution in [0.3, 0.4) is 0 Å². The minimum atomic E-state index is -3.57. The lowest BCUT2D eigenvalue weighted by atomic mass is 10.2. The van der Waals surface area contributed by atoms with Crippen LogP contribution in [0.25, 0.3) is 0 Å². The van der Waals surface area contributed by atoms with Gasteiger partial charge in [-0.2, -0.15) is 17.0 Å². The van der Waals surface area contributed by atoms with Crippen molar-refractivity contribution in [1.82, 2.24) is 13.9 Å². The number of hydrogen-bond acceptors (Lipinski definition) is 5. The maximum Gasteiger partial charge on any atom is 0.282 e. The van der Waals surface area contributed by atoms with E-state index in [0.29, 0.717) is 39.1 Å². The van der Waals surface area contributed by atoms with Crippen molar-refractivity contribution in [2.75, 3.05) is 44.2 Å². The molecule has 0 spiro atoms. The van der Waals surface area contributed by atoms with E-state index in [0.717, 1.165) is 12.8 Å². The average molecular weight is 339 g/mol. The zero-order valence-electron chi connectivity index (χ0n) is 12.5. The Morgan fingerprint density at radius 1 is 1.29 bits per heavy atom. The van der Waals surface area contributed by atoms with Crippen molar-refractivity contribution in [2.24, 2.45) is 0 Å². The van der Waals surface area contributed by atoms with Gasteiger partial charge in [0.1, 0.15) is 0 Å². The first kappa shape index (κ1) is 17.1. The van der Waals surface area contributed by atoms with E-state index in [2.05, 4.69) is 5.32 Å². The van der Waals surface area contributed by atoms with Crippen LogP contribution in [0, 0.1) is 0 Å². The Kier molecular flexibility index (Phi) is 5.64. The summed E-state index contributed by atoms with van der Waals surface area (Å²) in [4.78, 5) is 0. The second-order valence-electron chi connectivity index (χ2n) is 5.68. The molecule has 0 aliphatic carbocycles. The fraction of sp³-hybridized carbons (Fsp3) is 1.00. The lowest BCUT2D eigenvalue weighted by Gasteiger charge is -2.35. The largest absolute Gasteiger partial charge is 0.314 e. The SMILES string of the molecule is CCCCN(C1CCS(=O)(=O)C1)S(=O)(=O)N1CCNCC1. The summed E-state index contributed by atoms with van der Waals surface area (Å²) in [6.45, 7) is 4.59. The molecule has 0 amide bonds. The van der Waals surface area contributed by atoms with E-state index >= 15 is 0 Å². The summed E-state index contributed by atoms with van der Waals surface area (Å²) in [5.41, 5.74) is 0. The van der Waals surface area contributed by atoms with Crippen molar-refractivity contribution in [3.63, 3.8) is 0 Å². The number of unbranched alkanes of at least 4 members (excludes halogenated alkanes) is 1. The maximum absolute atomic E-state index is 12.8. The number of rotatable bonds is 6. The van der Waals surface area contributed by atoms with Crippen LogP contribution in [0.2, 0.25) is 0 Å². The summed E-state index contributed by atoms with van der Waals surface area (Å²) >= 11 is 0. The normalized spacial score (nSPS) is 27.2. The van der Waals surface area contributed by atoms with Crippen molar-refractivity contribution >= 4 is 20.0 Å². The maximum atomic E-state index is 12.8. The van der Waals surface area contributed by atoms with E-state index in [9.17, 15) is 16.8 Å². The van der Waals surface area contributed by atoms with Crippen molar-refractivity contribution in [1.29, 1.82) is 0 Å². The summed E-state index contributed by atoms with van der Waals surface area (Å²) < 4.78 is 51.9. The second kappa shape index (κ2) is 6.91. The summed E-state index contributed by atoms with van der Waals surface area (Å²) in [5, 5.41) is 3.13. The molecule has 0 radical (unpaired) electrons. The van der Waals surface area contributed by atoms with Crippen LogP contribution >= 0.6 is 0 Å². The molecule has 1 N–H and O–H groups in total. The molecule has 1 atom stereocenters. The third kappa shape index (κ3) is 4.16. The van der Waals surface area contributed by atoms with Gasteiger partial charge in [-0.1, -0.05) is 13.3 Å². The second-order valence-corrected chi connectivity index (χ2v) is 9.79. The molecular weight excluding hydrogens is 314 g/mol. The van der Waals surface area contributed by atoms with E-state index in [1.807, 2.05) is 6.92 Å². The van der Waals surface area contributed by atoms with E-state index in [-0.39, 0.29) is 11.5 Å². The first-order valence-corrected chi connectivity index (χ1v) is 10.8. The lowest BCUT2D eigenvalue weighted by molar-refractivity contribution is 0.278. The first-order valence-electron chi connectivity index (χ1n) is 7.55. The van der Waals surface area contributed by atoms with Crippen LogP contribution < -0.4 is 5.32 Å². The van der Waals surface area contributed by atoms with E-state index in [4.69, 9.17) is 0 Å². The van der Waals surface area contributed by atoms with Crippen molar-refractivity contribution < 1.29 is 16.8 Å². The minimum absolute atomic E-state index is 0.0396. The van der Waals surface area contributed by atoms with Crippen LogP contribution in [0.5, 0.6) is 0 Å². The topological polar surface area (TPSA) is 86.8 Å². The third-order valence-electron chi connectivity index (χ3n) is 4.05. The van der Waals surface area contributed by atoms with Gasteiger partial charge in [0, 0.05) is 38.8 Å². The van der Waals surface area contributed by atoms with Crippen LogP contribution in [0.4, 0.5) is 0 Å². The Bertz CT molecular complexity index is 541. The molecule has 0 aromatic heterocycles. The van der Waals surface area contributed by atoms with Crippen molar-refractivity contribution in [3.8, 4) is 0 Å². The van der Waals surface area contributed by atoms with Crippen molar-refractivity contribution in [2.45, 2.75) is 32.2 Å². The van der Waals surface area contributed by atoms with Crippen LogP contribution in [-0.2, 0) is 20.0 Å². The smallest absolute Gasteiger partial charge is 0.282 e. The highest BCUT2D eigenvalue weighted by molar-refractivity contribution is 7.91. The molecule has 2 rings (SSSR count). The monoisotopic (exact) mass is 339 g/mol. The highest BCUT2D eigenvalue weighted by Crippen LogP contribution is 2.23. The molecule has 1 unspecified atom stereocenters. The highest BCUT2D eigenvalue weighted by Gasteiger charge is 2.40. The molecule has 0 aromatic carbocycles. The molecule has 2 aliphatic rings. The number of hydrogen-bond donors (Lipinski definition) is 1. The summed E-state index contributed by atoms with van der Waals surface area (Å²) in [7, 11) is -6.66. The summed E-state index contributed by atoms with van der Waals surface area (Å²) in [5.74, 6) is 0.0550. The van der Waals surface area contributed by atoms with E-state index in [1.165, 1.54) is 8.61 Å². The Labute approximate surface area is 127 Å². The number of nitrogens with zero attached hydrogens (tertiary/aromatic N) is 2. The van der Waals surface area contributed by atoms with E-state index in [1.54, 1.807) is 0 Å². The molecule has 2 saturated heterocycles. The third-order valence-corrected chi connectivity index (χ3v) is 7.89. The molecule has 2 aliphatic heterocycles. The number of sulfone groups is 1. The Balaban J connectivity index is 2.18. The summed E-state index contributed by atoms with van der Waals surface area (Å²) in [6.07, 6.45) is 2.05. The van der Waals surface area contributed by atoms with Gasteiger partial charge >= 0.3 is 0 Å². The Morgan fingerprint density at radius 3 is 2.48 bits per heavy atom. The molecule has 9 heteroatoms. The fourth-order valence-electron chi connectivity index (χ4n) is 2.83. The van der Waals surface area contributed by atoms with Gasteiger partial charge in [0.15, 0.2) is 9.84 Å². The van der Waals surface area contributed by atoms with Gasteiger partial charge in [-0.3, -0.25) is 0 Å². The van der Waals surface area contributed by atoms with Crippen LogP contribution in [-0.4, -0.2) is 75.7 Å².